The number of aromatic amines is 2. The van der Waals surface area contributed by atoms with E-state index < -0.39 is 5.56 Å². The number of nitrogens with zero attached hydrogens (tertiary/aromatic N) is 1. The Labute approximate surface area is 65.4 Å². The van der Waals surface area contributed by atoms with Gasteiger partial charge in [0.25, 0.3) is 5.56 Å². The summed E-state index contributed by atoms with van der Waals surface area (Å²) in [4.78, 5) is 25.3. The first-order valence-corrected chi connectivity index (χ1v) is 3.01. The van der Waals surface area contributed by atoms with Crippen molar-refractivity contribution in [3.05, 3.63) is 20.0 Å². The second kappa shape index (κ2) is 2.62. The number of nitrogen functional groups attached to an aromatic ring is 1. The summed E-state index contributed by atoms with van der Waals surface area (Å²) in [5.41, 5.74) is 4.14. The second-order valence-electron chi connectivity index (χ2n) is 1.76. The van der Waals surface area contributed by atoms with Gasteiger partial charge in [-0.3, -0.25) is 9.78 Å². The fraction of sp³-hybridized carbons (Fsp3) is 0. The van der Waals surface area contributed by atoms with E-state index in [1.54, 1.807) is 0 Å². The van der Waals surface area contributed by atoms with Gasteiger partial charge in [-0.05, 0) is 17.4 Å². The van der Waals surface area contributed by atoms with Crippen molar-refractivity contribution in [3.63, 3.8) is 0 Å². The van der Waals surface area contributed by atoms with Crippen molar-refractivity contribution in [2.75, 3.05) is 5.73 Å². The number of nitrogens with one attached hydrogen (secondary N) is 2. The average molecular weight is 174 g/mol. The molecule has 0 unspecified atom stereocenters. The molecule has 1 rings (SSSR count). The molecule has 0 radical (unpaired) electrons. The highest BCUT2D eigenvalue weighted by Gasteiger charge is 2.03. The van der Waals surface area contributed by atoms with Crippen LogP contribution >= 0.6 is 12.2 Å². The zero-order chi connectivity index (χ0) is 8.43. The highest BCUT2D eigenvalue weighted by Crippen LogP contribution is 2.09. The molecule has 7 heteroatoms. The fourth-order valence-corrected chi connectivity index (χ4v) is 0.791. The summed E-state index contributed by atoms with van der Waals surface area (Å²) in [5, 5.41) is 2.41. The molecule has 0 aliphatic heterocycles. The molecular weight excluding hydrogens is 170 g/mol. The van der Waals surface area contributed by atoms with Crippen LogP contribution in [0.2, 0.25) is 0 Å². The van der Waals surface area contributed by atoms with Crippen LogP contribution in [0, 0.1) is 9.68 Å². The normalized spacial score (nSPS) is 9.45. The zero-order valence-corrected chi connectivity index (χ0v) is 6.07. The molecule has 58 valence electrons. The van der Waals surface area contributed by atoms with Crippen LogP contribution in [0.15, 0.2) is 9.97 Å². The molecule has 1 heterocycles. The molecule has 6 nitrogen and oxygen atoms in total. The van der Waals surface area contributed by atoms with Crippen LogP contribution in [-0.2, 0) is 0 Å². The molecule has 0 saturated carbocycles. The Morgan fingerprint density at radius 1 is 1.45 bits per heavy atom. The predicted octanol–water partition coefficient (Wildman–Crippen LogP) is 0.413. The molecule has 4 N–H and O–H groups in total. The van der Waals surface area contributed by atoms with Crippen LogP contribution < -0.4 is 11.3 Å². The lowest BCUT2D eigenvalue weighted by Gasteiger charge is -1.93. The van der Waals surface area contributed by atoms with Crippen molar-refractivity contribution in [2.24, 2.45) is 5.18 Å². The lowest BCUT2D eigenvalue weighted by Crippen LogP contribution is -2.09. The number of H-pyrrole nitrogens is 2. The van der Waals surface area contributed by atoms with Crippen molar-refractivity contribution in [1.82, 2.24) is 9.97 Å². The minimum absolute atomic E-state index is 0.0694. The number of anilines is 1. The molecule has 0 atom stereocenters. The van der Waals surface area contributed by atoms with Gasteiger partial charge >= 0.3 is 0 Å². The first-order chi connectivity index (χ1) is 5.15. The molecule has 0 aliphatic carbocycles. The average Bonchev–Trinajstić information content (AvgIpc) is 1.85. The lowest BCUT2D eigenvalue weighted by molar-refractivity contribution is 1.09. The highest BCUT2D eigenvalue weighted by atomic mass is 32.1. The molecule has 0 amide bonds. The van der Waals surface area contributed by atoms with Gasteiger partial charge in [0.05, 0.1) is 0 Å². The summed E-state index contributed by atoms with van der Waals surface area (Å²) in [6.07, 6.45) is 0. The summed E-state index contributed by atoms with van der Waals surface area (Å²) < 4.78 is 0.0694. The predicted molar refractivity (Wildman–Crippen MR) is 42.1 cm³/mol. The smallest absolute Gasteiger partial charge is 0.283 e. The first kappa shape index (κ1) is 7.61. The Hall–Kier alpha value is -1.50. The van der Waals surface area contributed by atoms with Gasteiger partial charge in [-0.1, -0.05) is 0 Å². The van der Waals surface area contributed by atoms with Crippen LogP contribution in [0.25, 0.3) is 0 Å². The minimum atomic E-state index is -0.679. The monoisotopic (exact) mass is 174 g/mol. The maximum Gasteiger partial charge on any atom is 0.283 e. The maximum atomic E-state index is 10.8. The third kappa shape index (κ3) is 1.32. The summed E-state index contributed by atoms with van der Waals surface area (Å²) in [5.74, 6) is -0.117. The van der Waals surface area contributed by atoms with Crippen molar-refractivity contribution in [2.45, 2.75) is 0 Å². The number of rotatable bonds is 1. The fourth-order valence-electron chi connectivity index (χ4n) is 0.588. The Bertz CT molecular complexity index is 392. The van der Waals surface area contributed by atoms with E-state index in [9.17, 15) is 9.70 Å². The molecule has 1 aromatic heterocycles. The van der Waals surface area contributed by atoms with Crippen LogP contribution in [0.3, 0.4) is 0 Å². The van der Waals surface area contributed by atoms with E-state index in [-0.39, 0.29) is 16.3 Å². The number of hydrogen-bond donors (Lipinski definition) is 3. The topological polar surface area (TPSA) is 104 Å². The SMILES string of the molecule is N[13c]1[nH]c(=S)[nH]c(=O)c1[15N]=O. The largest absolute Gasteiger partial charge is 0.383 e. The van der Waals surface area contributed by atoms with E-state index in [0.29, 0.717) is 0 Å². The van der Waals surface area contributed by atoms with E-state index >= 15 is 0 Å². The van der Waals surface area contributed by atoms with E-state index in [4.69, 9.17) is 5.73 Å². The zero-order valence-electron chi connectivity index (χ0n) is 5.25. The summed E-state index contributed by atoms with van der Waals surface area (Å²) >= 11 is 4.56. The van der Waals surface area contributed by atoms with E-state index in [1.165, 1.54) is 0 Å². The van der Waals surface area contributed by atoms with E-state index in [2.05, 4.69) is 27.4 Å². The van der Waals surface area contributed by atoms with Crippen molar-refractivity contribution < 1.29 is 0 Å². The third-order valence-corrected chi connectivity index (χ3v) is 1.24. The van der Waals surface area contributed by atoms with Crippen molar-refractivity contribution >= 4 is 23.7 Å². The van der Waals surface area contributed by atoms with Gasteiger partial charge < -0.3 is 10.7 Å². The van der Waals surface area contributed by atoms with Crippen LogP contribution in [0.4, 0.5) is 11.5 Å². The van der Waals surface area contributed by atoms with Gasteiger partial charge in [0, 0.05) is 0 Å². The van der Waals surface area contributed by atoms with Gasteiger partial charge in [-0.25, -0.2) is 0 Å². The number of nitrogens with two attached hydrogens (primary N) is 1. The molecule has 0 aromatic carbocycles. The standard InChI is InChI=1S/C4H4N4O2S/c5-2-1(8-10)3(9)7-4(11)6-2/h(H4,5,6,7,9,11)/i2+1,8+1. The number of nitroso groups, excluding NO2 is 1. The summed E-state index contributed by atoms with van der Waals surface area (Å²) in [7, 11) is 0. The second-order valence-corrected chi connectivity index (χ2v) is 2.17. The quantitative estimate of drug-likeness (QED) is 0.326. The van der Waals surface area contributed by atoms with Crippen LogP contribution in [0.1, 0.15) is 0 Å². The molecular formula is C4H4N4O2S. The minimum Gasteiger partial charge on any atom is -0.383 e. The molecule has 0 aliphatic rings. The van der Waals surface area contributed by atoms with Gasteiger partial charge in [-0.2, -0.15) is 0 Å². The summed E-state index contributed by atoms with van der Waals surface area (Å²) in [6.45, 7) is 0. The van der Waals surface area contributed by atoms with Crippen molar-refractivity contribution in [1.29, 1.82) is 0 Å². The molecule has 0 fully saturated rings. The van der Waals surface area contributed by atoms with Gasteiger partial charge in [0.2, 0.25) is 5.69 Å². The van der Waals surface area contributed by atoms with E-state index in [0.717, 1.165) is 0 Å². The molecule has 11 heavy (non-hydrogen) atoms. The lowest BCUT2D eigenvalue weighted by atomic mass is 10.7. The first-order valence-electron chi connectivity index (χ1n) is 2.60. The molecule has 1 aromatic rings. The van der Waals surface area contributed by atoms with Gasteiger partial charge in [0.1, 0.15) is 5.82 Å². The number of aromatic nitrogens is 2. The maximum absolute atomic E-state index is 10.8. The number of hydrogen-bond acceptors (Lipinski definition) is 5. The molecule has 0 spiro atoms. The van der Waals surface area contributed by atoms with Crippen molar-refractivity contribution in [3.8, 4) is 0 Å². The van der Waals surface area contributed by atoms with Crippen LogP contribution in [-0.4, -0.2) is 9.97 Å². The Balaban J connectivity index is 3.62. The Morgan fingerprint density at radius 3 is 2.55 bits per heavy atom. The van der Waals surface area contributed by atoms with Crippen LogP contribution in [0.5, 0.6) is 0 Å². The van der Waals surface area contributed by atoms with E-state index in [1.807, 2.05) is 0 Å². The van der Waals surface area contributed by atoms with Gasteiger partial charge in [0.15, 0.2) is 4.77 Å². The van der Waals surface area contributed by atoms with Gasteiger partial charge in [-0.15, -0.1) is 4.91 Å². The highest BCUT2D eigenvalue weighted by molar-refractivity contribution is 7.71. The third-order valence-electron chi connectivity index (χ3n) is 1.04. The molecule has 0 saturated heterocycles. The molecule has 0 bridgehead atoms. The Kier molecular flexibility index (Phi) is 1.81. The Morgan fingerprint density at radius 2 is 2.09 bits per heavy atom. The summed E-state index contributed by atoms with van der Waals surface area (Å²) in [6, 6.07) is 0.